The van der Waals surface area contributed by atoms with E-state index in [1.807, 2.05) is 20.8 Å². The molecule has 0 N–H and O–H groups in total. The minimum atomic E-state index is -1.18. The Balaban J connectivity index is 2.05. The average Bonchev–Trinajstić information content (AvgIpc) is 2.97. The van der Waals surface area contributed by atoms with E-state index in [4.69, 9.17) is 0 Å². The second-order valence-corrected chi connectivity index (χ2v) is 7.41. The van der Waals surface area contributed by atoms with Gasteiger partial charge in [-0.15, -0.1) is 0 Å². The monoisotopic (exact) mass is 314 g/mol. The second kappa shape index (κ2) is 7.38. The lowest BCUT2D eigenvalue weighted by Gasteiger charge is -2.24. The lowest BCUT2D eigenvalue weighted by Crippen LogP contribution is -2.30. The van der Waals surface area contributed by atoms with Crippen molar-refractivity contribution in [1.29, 1.82) is 0 Å². The van der Waals surface area contributed by atoms with Gasteiger partial charge in [0.15, 0.2) is 5.01 Å². The normalized spacial score (nSPS) is 20.0. The van der Waals surface area contributed by atoms with E-state index in [1.54, 1.807) is 0 Å². The molecule has 1 saturated heterocycles. The summed E-state index contributed by atoms with van der Waals surface area (Å²) in [6, 6.07) is 0. The molecule has 112 valence electrons. The molecule has 0 spiro atoms. The maximum atomic E-state index is 11.9. The molecule has 2 atom stereocenters. The molecule has 2 unspecified atom stereocenters. The molecule has 0 aromatic carbocycles. The van der Waals surface area contributed by atoms with E-state index in [0.717, 1.165) is 36.2 Å². The standard InChI is InChI=1S/C13H22N4OS2/c1-4-10(2)20(18)16-11(3)12-14-13(15-19-12)17-8-6-5-7-9-17/h10H,4-9H2,1-3H3. The average molecular weight is 314 g/mol. The van der Waals surface area contributed by atoms with E-state index in [0.29, 0.717) is 0 Å². The zero-order valence-electron chi connectivity index (χ0n) is 12.3. The quantitative estimate of drug-likeness (QED) is 0.619. The highest BCUT2D eigenvalue weighted by atomic mass is 32.2. The fourth-order valence-corrected chi connectivity index (χ4v) is 3.50. The Kier molecular flexibility index (Phi) is 5.80. The van der Waals surface area contributed by atoms with Crippen LogP contribution in [0.3, 0.4) is 0 Å². The van der Waals surface area contributed by atoms with Crippen LogP contribution < -0.4 is 4.90 Å². The predicted octanol–water partition coefficient (Wildman–Crippen LogP) is 2.80. The van der Waals surface area contributed by atoms with Crippen LogP contribution in [0.5, 0.6) is 0 Å². The molecule has 0 saturated carbocycles. The largest absolute Gasteiger partial charge is 0.591 e. The number of anilines is 1. The summed E-state index contributed by atoms with van der Waals surface area (Å²) in [5.41, 5.74) is 0.726. The van der Waals surface area contributed by atoms with Crippen molar-refractivity contribution in [3.63, 3.8) is 0 Å². The molecule has 1 aromatic heterocycles. The molecule has 1 aromatic rings. The van der Waals surface area contributed by atoms with Gasteiger partial charge in [0.25, 0.3) is 0 Å². The Hall–Kier alpha value is -0.660. The Morgan fingerprint density at radius 3 is 2.80 bits per heavy atom. The van der Waals surface area contributed by atoms with Gasteiger partial charge in [0.05, 0.1) is 11.4 Å². The van der Waals surface area contributed by atoms with Crippen LogP contribution in [0.2, 0.25) is 0 Å². The van der Waals surface area contributed by atoms with Crippen molar-refractivity contribution < 1.29 is 4.55 Å². The second-order valence-electron chi connectivity index (χ2n) is 5.12. The maximum Gasteiger partial charge on any atom is 0.237 e. The third kappa shape index (κ3) is 3.93. The van der Waals surface area contributed by atoms with Crippen molar-refractivity contribution in [2.75, 3.05) is 18.0 Å². The lowest BCUT2D eigenvalue weighted by atomic mass is 10.1. The fraction of sp³-hybridized carbons (Fsp3) is 0.769. The predicted molar refractivity (Wildman–Crippen MR) is 86.1 cm³/mol. The zero-order chi connectivity index (χ0) is 14.5. The lowest BCUT2D eigenvalue weighted by molar-refractivity contribution is 0.570. The summed E-state index contributed by atoms with van der Waals surface area (Å²) in [4.78, 5) is 6.76. The first-order valence-corrected chi connectivity index (χ1v) is 9.11. The SMILES string of the molecule is CCC(C)[S+]([O-])N=C(C)c1nc(N2CCCCC2)ns1. The van der Waals surface area contributed by atoms with Gasteiger partial charge < -0.3 is 9.45 Å². The third-order valence-corrected chi connectivity index (χ3v) is 5.80. The summed E-state index contributed by atoms with van der Waals surface area (Å²) < 4.78 is 20.6. The summed E-state index contributed by atoms with van der Waals surface area (Å²) in [6.45, 7) is 7.90. The molecule has 2 heterocycles. The van der Waals surface area contributed by atoms with Crippen molar-refractivity contribution in [2.24, 2.45) is 4.40 Å². The summed E-state index contributed by atoms with van der Waals surface area (Å²) in [6.07, 6.45) is 4.57. The number of hydrogen-bond acceptors (Lipinski definition) is 6. The van der Waals surface area contributed by atoms with Gasteiger partial charge >= 0.3 is 0 Å². The van der Waals surface area contributed by atoms with Crippen LogP contribution >= 0.6 is 11.5 Å². The van der Waals surface area contributed by atoms with Crippen LogP contribution in [0.15, 0.2) is 4.40 Å². The number of aromatic nitrogens is 2. The van der Waals surface area contributed by atoms with Gasteiger partial charge in [0.1, 0.15) is 11.0 Å². The van der Waals surface area contributed by atoms with Crippen molar-refractivity contribution in [3.8, 4) is 0 Å². The van der Waals surface area contributed by atoms with E-state index in [-0.39, 0.29) is 5.25 Å². The molecule has 1 fully saturated rings. The molecule has 1 aliphatic rings. The highest BCUT2D eigenvalue weighted by molar-refractivity contribution is 7.90. The molecule has 0 aliphatic carbocycles. The van der Waals surface area contributed by atoms with Crippen molar-refractivity contribution >= 4 is 34.6 Å². The van der Waals surface area contributed by atoms with Gasteiger partial charge in [-0.1, -0.05) is 11.3 Å². The van der Waals surface area contributed by atoms with Gasteiger partial charge in [-0.05, 0) is 51.1 Å². The van der Waals surface area contributed by atoms with Crippen LogP contribution in [0.25, 0.3) is 0 Å². The molecule has 7 heteroatoms. The first kappa shape index (κ1) is 15.7. The number of piperidine rings is 1. The minimum Gasteiger partial charge on any atom is -0.591 e. The molecular formula is C13H22N4OS2. The zero-order valence-corrected chi connectivity index (χ0v) is 14.0. The smallest absolute Gasteiger partial charge is 0.237 e. The van der Waals surface area contributed by atoms with E-state index < -0.39 is 11.4 Å². The van der Waals surface area contributed by atoms with E-state index in [1.165, 1.54) is 30.8 Å². The maximum absolute atomic E-state index is 11.9. The summed E-state index contributed by atoms with van der Waals surface area (Å²) in [5, 5.41) is 0.863. The topological polar surface area (TPSA) is 64.4 Å². The Morgan fingerprint density at radius 1 is 1.45 bits per heavy atom. The Morgan fingerprint density at radius 2 is 2.15 bits per heavy atom. The molecule has 1 aliphatic heterocycles. The number of rotatable bonds is 5. The van der Waals surface area contributed by atoms with Crippen LogP contribution in [-0.4, -0.2) is 38.0 Å². The number of nitrogens with zero attached hydrogens (tertiary/aromatic N) is 4. The van der Waals surface area contributed by atoms with Gasteiger partial charge in [-0.3, -0.25) is 0 Å². The highest BCUT2D eigenvalue weighted by Crippen LogP contribution is 2.19. The van der Waals surface area contributed by atoms with Crippen molar-refractivity contribution in [2.45, 2.75) is 51.7 Å². The molecule has 2 rings (SSSR count). The molecule has 20 heavy (non-hydrogen) atoms. The summed E-state index contributed by atoms with van der Waals surface area (Å²) >= 11 is 0.167. The van der Waals surface area contributed by atoms with Gasteiger partial charge in [0, 0.05) is 13.1 Å². The van der Waals surface area contributed by atoms with Gasteiger partial charge in [-0.25, -0.2) is 0 Å². The third-order valence-electron chi connectivity index (χ3n) is 3.51. The fourth-order valence-electron chi connectivity index (χ4n) is 1.99. The van der Waals surface area contributed by atoms with Crippen LogP contribution in [0, 0.1) is 0 Å². The Labute approximate surface area is 128 Å². The van der Waals surface area contributed by atoms with E-state index in [2.05, 4.69) is 18.7 Å². The van der Waals surface area contributed by atoms with Gasteiger partial charge in [-0.2, -0.15) is 9.36 Å². The van der Waals surface area contributed by atoms with Gasteiger partial charge in [0.2, 0.25) is 5.95 Å². The van der Waals surface area contributed by atoms with Crippen LogP contribution in [0.4, 0.5) is 5.95 Å². The van der Waals surface area contributed by atoms with Crippen LogP contribution in [0.1, 0.15) is 51.5 Å². The highest BCUT2D eigenvalue weighted by Gasteiger charge is 2.19. The van der Waals surface area contributed by atoms with Crippen molar-refractivity contribution in [3.05, 3.63) is 5.01 Å². The molecular weight excluding hydrogens is 292 g/mol. The minimum absolute atomic E-state index is 0.0828. The van der Waals surface area contributed by atoms with E-state index >= 15 is 0 Å². The summed E-state index contributed by atoms with van der Waals surface area (Å²) in [7, 11) is 0. The number of hydrogen-bond donors (Lipinski definition) is 0. The summed E-state index contributed by atoms with van der Waals surface area (Å²) in [5.74, 6) is 0.800. The first-order chi connectivity index (χ1) is 9.61. The van der Waals surface area contributed by atoms with Crippen molar-refractivity contribution in [1.82, 2.24) is 9.36 Å². The van der Waals surface area contributed by atoms with E-state index in [9.17, 15) is 4.55 Å². The molecule has 0 bridgehead atoms. The first-order valence-electron chi connectivity index (χ1n) is 7.16. The van der Waals surface area contributed by atoms with Crippen LogP contribution in [-0.2, 0) is 11.4 Å². The molecule has 5 nitrogen and oxygen atoms in total. The molecule has 0 radical (unpaired) electrons. The Bertz CT molecular complexity index is 457. The molecule has 0 amide bonds.